The first-order valence-electron chi connectivity index (χ1n) is 8.36. The highest BCUT2D eigenvalue weighted by Gasteiger charge is 2.11. The Morgan fingerprint density at radius 3 is 2.71 bits per heavy atom. The molecule has 0 unspecified atom stereocenters. The Labute approximate surface area is 163 Å². The molecule has 1 amide bonds. The average Bonchev–Trinajstić information content (AvgIpc) is 3.19. The second-order valence-corrected chi connectivity index (χ2v) is 6.45. The first-order valence-corrected chi connectivity index (χ1v) is 8.74. The lowest BCUT2D eigenvalue weighted by molar-refractivity contribution is 0.202. The number of benzene rings is 2. The van der Waals surface area contributed by atoms with Crippen LogP contribution in [0.15, 0.2) is 70.1 Å². The van der Waals surface area contributed by atoms with Gasteiger partial charge in [-0.2, -0.15) is 5.10 Å². The molecule has 2 heterocycles. The van der Waals surface area contributed by atoms with Gasteiger partial charge in [-0.1, -0.05) is 29.8 Å². The molecule has 2 N–H and O–H groups in total. The van der Waals surface area contributed by atoms with E-state index >= 15 is 0 Å². The number of amides is 1. The second kappa shape index (κ2) is 7.58. The number of halogens is 1. The predicted octanol–water partition coefficient (Wildman–Crippen LogP) is 4.37. The summed E-state index contributed by atoms with van der Waals surface area (Å²) >= 11 is 5.92. The summed E-state index contributed by atoms with van der Waals surface area (Å²) in [5.41, 5.74) is 1.78. The zero-order chi connectivity index (χ0) is 19.5. The van der Waals surface area contributed by atoms with Gasteiger partial charge in [0.1, 0.15) is 0 Å². The van der Waals surface area contributed by atoms with Crippen molar-refractivity contribution in [3.05, 3.63) is 87.5 Å². The van der Waals surface area contributed by atoms with Gasteiger partial charge in [0.2, 0.25) is 0 Å². The number of carbonyl (C=O) groups excluding carboxylic acids is 1. The van der Waals surface area contributed by atoms with Gasteiger partial charge in [0.25, 0.3) is 11.5 Å². The Balaban J connectivity index is 1.60. The van der Waals surface area contributed by atoms with Crippen molar-refractivity contribution in [3.63, 3.8) is 0 Å². The van der Waals surface area contributed by atoms with E-state index in [2.05, 4.69) is 15.5 Å². The molecular formula is C20H14ClN3O4. The number of fused-ring (bicyclic) bond motifs is 1. The number of H-pyrrole nitrogens is 1. The summed E-state index contributed by atoms with van der Waals surface area (Å²) in [6, 6.07) is 15.5. The highest BCUT2D eigenvalue weighted by Crippen LogP contribution is 2.21. The normalized spacial score (nSPS) is 10.8. The van der Waals surface area contributed by atoms with Crippen LogP contribution in [0, 0.1) is 0 Å². The predicted molar refractivity (Wildman–Crippen MR) is 105 cm³/mol. The number of ether oxygens (including phenoxy) is 1. The highest BCUT2D eigenvalue weighted by atomic mass is 35.5. The van der Waals surface area contributed by atoms with Crippen molar-refractivity contribution in [2.75, 3.05) is 5.32 Å². The zero-order valence-corrected chi connectivity index (χ0v) is 15.2. The number of nitrogens with one attached hydrogen (secondary N) is 2. The van der Waals surface area contributed by atoms with Gasteiger partial charge in [-0.25, -0.2) is 9.89 Å². The maximum absolute atomic E-state index is 12.2. The molecule has 2 aromatic carbocycles. The number of nitrogens with zero attached hydrogens (tertiary/aromatic N) is 1. The van der Waals surface area contributed by atoms with Crippen molar-refractivity contribution in [2.24, 2.45) is 0 Å². The van der Waals surface area contributed by atoms with E-state index in [1.165, 1.54) is 12.3 Å². The topological polar surface area (TPSA) is 97.2 Å². The van der Waals surface area contributed by atoms with Gasteiger partial charge >= 0.3 is 6.09 Å². The lowest BCUT2D eigenvalue weighted by Gasteiger charge is -2.08. The third-order valence-corrected chi connectivity index (χ3v) is 4.34. The molecule has 28 heavy (non-hydrogen) atoms. The second-order valence-electron chi connectivity index (χ2n) is 6.01. The third kappa shape index (κ3) is 3.89. The fourth-order valence-corrected chi connectivity index (χ4v) is 2.91. The summed E-state index contributed by atoms with van der Waals surface area (Å²) in [5, 5.41) is 11.0. The van der Waals surface area contributed by atoms with Gasteiger partial charge in [0.15, 0.2) is 0 Å². The van der Waals surface area contributed by atoms with Crippen LogP contribution < -0.4 is 15.6 Å². The van der Waals surface area contributed by atoms with Crippen LogP contribution in [0.25, 0.3) is 10.8 Å². The molecule has 140 valence electrons. The molecule has 0 aliphatic carbocycles. The zero-order valence-electron chi connectivity index (χ0n) is 14.4. The molecule has 0 aliphatic rings. The number of hydrogen-bond acceptors (Lipinski definition) is 5. The summed E-state index contributed by atoms with van der Waals surface area (Å²) in [6.45, 7) is 0. The van der Waals surface area contributed by atoms with E-state index < -0.39 is 6.09 Å². The van der Waals surface area contributed by atoms with E-state index in [-0.39, 0.29) is 11.5 Å². The highest BCUT2D eigenvalue weighted by molar-refractivity contribution is 6.30. The van der Waals surface area contributed by atoms with Crippen LogP contribution in [0.1, 0.15) is 11.3 Å². The van der Waals surface area contributed by atoms with E-state index in [1.54, 1.807) is 36.4 Å². The molecule has 0 aliphatic heterocycles. The number of carbonyl (C=O) groups is 1. The van der Waals surface area contributed by atoms with Gasteiger partial charge in [0, 0.05) is 28.6 Å². The Kier molecular flexibility index (Phi) is 4.82. The lowest BCUT2D eigenvalue weighted by Crippen LogP contribution is -2.17. The van der Waals surface area contributed by atoms with Crippen molar-refractivity contribution in [1.29, 1.82) is 0 Å². The van der Waals surface area contributed by atoms with Crippen LogP contribution in [0.5, 0.6) is 5.95 Å². The molecule has 4 aromatic rings. The van der Waals surface area contributed by atoms with Crippen LogP contribution in [0.2, 0.25) is 5.02 Å². The number of rotatable bonds is 4. The van der Waals surface area contributed by atoms with Crippen LogP contribution in [0.3, 0.4) is 0 Å². The fourth-order valence-electron chi connectivity index (χ4n) is 2.79. The minimum atomic E-state index is -0.721. The quantitative estimate of drug-likeness (QED) is 0.534. The first kappa shape index (κ1) is 17.8. The Morgan fingerprint density at radius 2 is 1.96 bits per heavy atom. The van der Waals surface area contributed by atoms with Gasteiger partial charge in [-0.3, -0.25) is 10.1 Å². The smallest absolute Gasteiger partial charge is 0.419 e. The van der Waals surface area contributed by atoms with Crippen LogP contribution in [0.4, 0.5) is 10.5 Å². The minimum absolute atomic E-state index is 0.0746. The van der Waals surface area contributed by atoms with Crippen molar-refractivity contribution < 1.29 is 13.9 Å². The maximum Gasteiger partial charge on any atom is 0.419 e. The molecule has 4 rings (SSSR count). The number of furan rings is 1. The van der Waals surface area contributed by atoms with Crippen molar-refractivity contribution >= 4 is 34.2 Å². The standard InChI is InChI=1S/C20H14ClN3O4/c21-13-5-3-12(4-6-13)10-17-15-8-7-14(11-16(15)19(25)24-23-17)22-20(26)28-18-2-1-9-27-18/h1-9,11H,10H2,(H,22,26)(H,24,25). The van der Waals surface area contributed by atoms with E-state index in [0.29, 0.717) is 33.6 Å². The molecule has 2 aromatic heterocycles. The molecule has 0 saturated heterocycles. The summed E-state index contributed by atoms with van der Waals surface area (Å²) in [7, 11) is 0. The first-order chi connectivity index (χ1) is 13.6. The van der Waals surface area contributed by atoms with Crippen molar-refractivity contribution in [3.8, 4) is 5.95 Å². The summed E-state index contributed by atoms with van der Waals surface area (Å²) < 4.78 is 9.94. The lowest BCUT2D eigenvalue weighted by atomic mass is 10.0. The third-order valence-electron chi connectivity index (χ3n) is 4.09. The van der Waals surface area contributed by atoms with E-state index in [0.717, 1.165) is 5.56 Å². The van der Waals surface area contributed by atoms with Crippen LogP contribution >= 0.6 is 11.6 Å². The average molecular weight is 396 g/mol. The summed E-state index contributed by atoms with van der Waals surface area (Å²) in [6.07, 6.45) is 1.20. The van der Waals surface area contributed by atoms with Gasteiger partial charge in [-0.05, 0) is 35.9 Å². The van der Waals surface area contributed by atoms with Gasteiger partial charge in [-0.15, -0.1) is 0 Å². The molecule has 0 saturated carbocycles. The molecule has 8 heteroatoms. The number of aromatic amines is 1. The molecular weight excluding hydrogens is 382 g/mol. The summed E-state index contributed by atoms with van der Waals surface area (Å²) in [5.74, 6) is 0.0746. The van der Waals surface area contributed by atoms with Crippen LogP contribution in [-0.2, 0) is 6.42 Å². The molecule has 0 bridgehead atoms. The van der Waals surface area contributed by atoms with E-state index in [4.69, 9.17) is 20.8 Å². The number of aromatic nitrogens is 2. The number of hydrogen-bond donors (Lipinski definition) is 2. The Hall–Kier alpha value is -3.58. The van der Waals surface area contributed by atoms with Crippen LogP contribution in [-0.4, -0.2) is 16.3 Å². The van der Waals surface area contributed by atoms with Crippen molar-refractivity contribution in [2.45, 2.75) is 6.42 Å². The van der Waals surface area contributed by atoms with Gasteiger partial charge in [0.05, 0.1) is 17.3 Å². The molecule has 0 fully saturated rings. The minimum Gasteiger partial charge on any atom is -0.434 e. The number of anilines is 1. The molecule has 0 atom stereocenters. The van der Waals surface area contributed by atoms with Crippen molar-refractivity contribution in [1.82, 2.24) is 10.2 Å². The van der Waals surface area contributed by atoms with E-state index in [1.807, 2.05) is 12.1 Å². The Morgan fingerprint density at radius 1 is 1.14 bits per heavy atom. The molecule has 0 spiro atoms. The maximum atomic E-state index is 12.2. The van der Waals surface area contributed by atoms with E-state index in [9.17, 15) is 9.59 Å². The summed E-state index contributed by atoms with van der Waals surface area (Å²) in [4.78, 5) is 24.2. The molecule has 7 nitrogen and oxygen atoms in total. The largest absolute Gasteiger partial charge is 0.434 e. The Bertz CT molecular complexity index is 1180. The monoisotopic (exact) mass is 395 g/mol. The molecule has 0 radical (unpaired) electrons. The fraction of sp³-hybridized carbons (Fsp3) is 0.0500. The van der Waals surface area contributed by atoms with Gasteiger partial charge < -0.3 is 9.15 Å². The SMILES string of the molecule is O=C(Nc1ccc2c(Cc3ccc(Cl)cc3)n[nH]c(=O)c2c1)Oc1ccco1.